The first kappa shape index (κ1) is 13.2. The predicted molar refractivity (Wildman–Crippen MR) is 76.9 cm³/mol. The summed E-state index contributed by atoms with van der Waals surface area (Å²) < 4.78 is 5.37. The number of morpholine rings is 1. The van der Waals surface area contributed by atoms with Crippen LogP contribution in [0.4, 0.5) is 5.69 Å². The van der Waals surface area contributed by atoms with Crippen LogP contribution in [0.1, 0.15) is 12.5 Å². The number of nitrogen functional groups attached to an aromatic ring is 1. The summed E-state index contributed by atoms with van der Waals surface area (Å²) in [7, 11) is 0. The van der Waals surface area contributed by atoms with Gasteiger partial charge in [-0.2, -0.15) is 0 Å². The molecule has 1 saturated heterocycles. The molecule has 0 radical (unpaired) electrons. The van der Waals surface area contributed by atoms with Crippen molar-refractivity contribution in [1.29, 1.82) is 5.41 Å². The second-order valence-electron chi connectivity index (χ2n) is 4.10. The van der Waals surface area contributed by atoms with Crippen molar-refractivity contribution in [2.75, 3.05) is 37.0 Å². The van der Waals surface area contributed by atoms with Gasteiger partial charge >= 0.3 is 0 Å². The number of nitrogens with one attached hydrogen (secondary N) is 1. The van der Waals surface area contributed by atoms with Gasteiger partial charge in [0.15, 0.2) is 0 Å². The minimum atomic E-state index is 0.146. The summed E-state index contributed by atoms with van der Waals surface area (Å²) in [5.41, 5.74) is 7.69. The SMILES string of the molecule is CCSc1cccc(N2CCOCC2)c1C(=N)N. The smallest absolute Gasteiger partial charge is 0.126 e. The molecule has 0 bridgehead atoms. The number of nitrogens with zero attached hydrogens (tertiary/aromatic N) is 1. The monoisotopic (exact) mass is 265 g/mol. The molecule has 0 amide bonds. The van der Waals surface area contributed by atoms with E-state index in [0.717, 1.165) is 48.2 Å². The summed E-state index contributed by atoms with van der Waals surface area (Å²) in [6, 6.07) is 6.12. The second kappa shape index (κ2) is 6.11. The van der Waals surface area contributed by atoms with Gasteiger partial charge in [0, 0.05) is 23.7 Å². The van der Waals surface area contributed by atoms with Crippen LogP contribution in [0.25, 0.3) is 0 Å². The molecule has 3 N–H and O–H groups in total. The first-order valence-corrected chi connectivity index (χ1v) is 7.15. The highest BCUT2D eigenvalue weighted by Gasteiger charge is 2.18. The molecule has 1 heterocycles. The van der Waals surface area contributed by atoms with Crippen LogP contribution in [0, 0.1) is 5.41 Å². The average molecular weight is 265 g/mol. The lowest BCUT2D eigenvalue weighted by Gasteiger charge is -2.31. The van der Waals surface area contributed by atoms with Crippen molar-refractivity contribution in [3.8, 4) is 0 Å². The Kier molecular flexibility index (Phi) is 4.49. The van der Waals surface area contributed by atoms with Gasteiger partial charge < -0.3 is 15.4 Å². The van der Waals surface area contributed by atoms with E-state index in [4.69, 9.17) is 15.9 Å². The first-order valence-electron chi connectivity index (χ1n) is 6.17. The Labute approximate surface area is 112 Å². The van der Waals surface area contributed by atoms with Gasteiger partial charge in [0.25, 0.3) is 0 Å². The van der Waals surface area contributed by atoms with Crippen LogP contribution in [0.2, 0.25) is 0 Å². The molecular weight excluding hydrogens is 246 g/mol. The third-order valence-corrected chi connectivity index (χ3v) is 3.87. The lowest BCUT2D eigenvalue weighted by atomic mass is 10.1. The summed E-state index contributed by atoms with van der Waals surface area (Å²) >= 11 is 1.73. The number of hydrogen-bond acceptors (Lipinski definition) is 4. The first-order chi connectivity index (χ1) is 8.74. The van der Waals surface area contributed by atoms with Crippen LogP contribution in [0.15, 0.2) is 23.1 Å². The van der Waals surface area contributed by atoms with Crippen LogP contribution in [-0.4, -0.2) is 37.9 Å². The van der Waals surface area contributed by atoms with E-state index < -0.39 is 0 Å². The van der Waals surface area contributed by atoms with E-state index >= 15 is 0 Å². The lowest BCUT2D eigenvalue weighted by Crippen LogP contribution is -2.37. The number of nitrogens with two attached hydrogens (primary N) is 1. The molecule has 0 aliphatic carbocycles. The van der Waals surface area contributed by atoms with Crippen LogP contribution in [0.5, 0.6) is 0 Å². The number of benzene rings is 1. The molecule has 1 aliphatic heterocycles. The number of amidine groups is 1. The van der Waals surface area contributed by atoms with Crippen molar-refractivity contribution in [2.45, 2.75) is 11.8 Å². The fourth-order valence-corrected chi connectivity index (χ4v) is 2.98. The van der Waals surface area contributed by atoms with Gasteiger partial charge in [0.2, 0.25) is 0 Å². The molecule has 98 valence electrons. The fraction of sp³-hybridized carbons (Fsp3) is 0.462. The largest absolute Gasteiger partial charge is 0.384 e. The molecule has 18 heavy (non-hydrogen) atoms. The number of thioether (sulfide) groups is 1. The molecule has 0 atom stereocenters. The van der Waals surface area contributed by atoms with Crippen molar-refractivity contribution >= 4 is 23.3 Å². The molecule has 1 fully saturated rings. The van der Waals surface area contributed by atoms with E-state index in [9.17, 15) is 0 Å². The minimum Gasteiger partial charge on any atom is -0.384 e. The van der Waals surface area contributed by atoms with Crippen molar-refractivity contribution in [2.24, 2.45) is 5.73 Å². The molecule has 0 spiro atoms. The number of rotatable bonds is 4. The van der Waals surface area contributed by atoms with Crippen molar-refractivity contribution in [1.82, 2.24) is 0 Å². The van der Waals surface area contributed by atoms with Crippen LogP contribution in [0.3, 0.4) is 0 Å². The Morgan fingerprint density at radius 1 is 1.44 bits per heavy atom. The molecule has 0 saturated carbocycles. The highest BCUT2D eigenvalue weighted by molar-refractivity contribution is 7.99. The van der Waals surface area contributed by atoms with Gasteiger partial charge in [-0.05, 0) is 17.9 Å². The normalized spacial score (nSPS) is 15.7. The van der Waals surface area contributed by atoms with E-state index in [0.29, 0.717) is 0 Å². The maximum absolute atomic E-state index is 7.82. The van der Waals surface area contributed by atoms with Gasteiger partial charge in [-0.15, -0.1) is 11.8 Å². The van der Waals surface area contributed by atoms with E-state index in [1.54, 1.807) is 11.8 Å². The second-order valence-corrected chi connectivity index (χ2v) is 5.40. The molecule has 1 aliphatic rings. The minimum absolute atomic E-state index is 0.146. The molecule has 0 aromatic heterocycles. The van der Waals surface area contributed by atoms with Crippen LogP contribution in [-0.2, 0) is 4.74 Å². The van der Waals surface area contributed by atoms with Gasteiger partial charge in [-0.3, -0.25) is 5.41 Å². The summed E-state index contributed by atoms with van der Waals surface area (Å²) in [4.78, 5) is 3.34. The molecule has 1 aromatic carbocycles. The molecular formula is C13H19N3OS. The van der Waals surface area contributed by atoms with Crippen molar-refractivity contribution < 1.29 is 4.74 Å². The number of hydrogen-bond donors (Lipinski definition) is 2. The number of ether oxygens (including phenoxy) is 1. The van der Waals surface area contributed by atoms with E-state index in [2.05, 4.69) is 11.8 Å². The maximum atomic E-state index is 7.82. The molecule has 2 rings (SSSR count). The summed E-state index contributed by atoms with van der Waals surface area (Å²) in [5.74, 6) is 1.13. The molecule has 0 unspecified atom stereocenters. The van der Waals surface area contributed by atoms with E-state index in [-0.39, 0.29) is 5.84 Å². The molecule has 5 heteroatoms. The van der Waals surface area contributed by atoms with E-state index in [1.165, 1.54) is 0 Å². The quantitative estimate of drug-likeness (QED) is 0.496. The van der Waals surface area contributed by atoms with Crippen LogP contribution >= 0.6 is 11.8 Å². The van der Waals surface area contributed by atoms with E-state index in [1.807, 2.05) is 18.2 Å². The van der Waals surface area contributed by atoms with Gasteiger partial charge in [0.05, 0.1) is 18.8 Å². The highest BCUT2D eigenvalue weighted by atomic mass is 32.2. The third kappa shape index (κ3) is 2.79. The zero-order valence-electron chi connectivity index (χ0n) is 10.6. The Hall–Kier alpha value is -1.20. The lowest BCUT2D eigenvalue weighted by molar-refractivity contribution is 0.122. The maximum Gasteiger partial charge on any atom is 0.126 e. The van der Waals surface area contributed by atoms with Gasteiger partial charge in [-0.25, -0.2) is 0 Å². The Balaban J connectivity index is 2.38. The summed E-state index contributed by atoms with van der Waals surface area (Å²) in [5, 5.41) is 7.82. The van der Waals surface area contributed by atoms with Crippen LogP contribution < -0.4 is 10.6 Å². The zero-order valence-corrected chi connectivity index (χ0v) is 11.4. The molecule has 4 nitrogen and oxygen atoms in total. The summed E-state index contributed by atoms with van der Waals surface area (Å²) in [6.45, 7) is 5.31. The Bertz CT molecular complexity index is 430. The Morgan fingerprint density at radius 2 is 2.17 bits per heavy atom. The standard InChI is InChI=1S/C13H19N3OS/c1-2-18-11-5-3-4-10(12(11)13(14)15)16-6-8-17-9-7-16/h3-5H,2,6-9H2,1H3,(H3,14,15). The van der Waals surface area contributed by atoms with Crippen molar-refractivity contribution in [3.63, 3.8) is 0 Å². The third-order valence-electron chi connectivity index (χ3n) is 2.93. The zero-order chi connectivity index (χ0) is 13.0. The average Bonchev–Trinajstić information content (AvgIpc) is 2.39. The highest BCUT2D eigenvalue weighted by Crippen LogP contribution is 2.30. The van der Waals surface area contributed by atoms with Gasteiger partial charge in [-0.1, -0.05) is 13.0 Å². The van der Waals surface area contributed by atoms with Crippen molar-refractivity contribution in [3.05, 3.63) is 23.8 Å². The summed E-state index contributed by atoms with van der Waals surface area (Å²) in [6.07, 6.45) is 0. The number of anilines is 1. The fourth-order valence-electron chi connectivity index (χ4n) is 2.13. The molecule has 1 aromatic rings. The predicted octanol–water partition coefficient (Wildman–Crippen LogP) is 1.92. The van der Waals surface area contributed by atoms with Gasteiger partial charge in [0.1, 0.15) is 5.84 Å². The topological polar surface area (TPSA) is 62.3 Å². The Morgan fingerprint density at radius 3 is 2.78 bits per heavy atom.